The molecular weight excluding hydrogens is 793 g/mol. The van der Waals surface area contributed by atoms with Crippen LogP contribution in [0.25, 0.3) is 0 Å². The van der Waals surface area contributed by atoms with Crippen molar-refractivity contribution in [1.29, 1.82) is 0 Å². The first kappa shape index (κ1) is 60.6. The van der Waals surface area contributed by atoms with Gasteiger partial charge in [-0.05, 0) is 83.5 Å². The van der Waals surface area contributed by atoms with Gasteiger partial charge in [-0.1, -0.05) is 228 Å². The highest BCUT2D eigenvalue weighted by molar-refractivity contribution is 5.71. The summed E-state index contributed by atoms with van der Waals surface area (Å²) in [5.41, 5.74) is 0. The number of hydrogen-bond acceptors (Lipinski definition) is 6. The fraction of sp³-hybridized carbons (Fsp3) is 0.707. The van der Waals surface area contributed by atoms with E-state index in [0.29, 0.717) is 19.3 Å². The predicted octanol–water partition coefficient (Wildman–Crippen LogP) is 17.6. The summed E-state index contributed by atoms with van der Waals surface area (Å²) in [4.78, 5) is 37.9. The Morgan fingerprint density at radius 3 is 1.05 bits per heavy atom. The fourth-order valence-electron chi connectivity index (χ4n) is 7.17. The van der Waals surface area contributed by atoms with Gasteiger partial charge in [0, 0.05) is 19.3 Å². The van der Waals surface area contributed by atoms with Gasteiger partial charge < -0.3 is 14.2 Å². The SMILES string of the molecule is CC/C=C\C/C=C\C/C=C\C/C=C\C/C=C\C/C=C\CCC(=O)OCC(COC(=O)CCCCCCCCCCCCC)OC(=O)CCCCCCC/C=C\CCCCCCCCC. The fourth-order valence-corrected chi connectivity index (χ4v) is 7.17. The molecule has 0 N–H and O–H groups in total. The molecule has 0 rings (SSSR count). The number of esters is 3. The van der Waals surface area contributed by atoms with E-state index in [1.54, 1.807) is 0 Å². The molecular formula is C58H98O6. The zero-order valence-corrected chi connectivity index (χ0v) is 41.8. The molecule has 0 bridgehead atoms. The first-order chi connectivity index (χ1) is 31.5. The minimum absolute atomic E-state index is 0.102. The smallest absolute Gasteiger partial charge is 0.306 e. The summed E-state index contributed by atoms with van der Waals surface area (Å²) in [7, 11) is 0. The van der Waals surface area contributed by atoms with Gasteiger partial charge in [-0.15, -0.1) is 0 Å². The van der Waals surface area contributed by atoms with Crippen molar-refractivity contribution in [1.82, 2.24) is 0 Å². The lowest BCUT2D eigenvalue weighted by molar-refractivity contribution is -0.166. The van der Waals surface area contributed by atoms with Crippen molar-refractivity contribution in [3.63, 3.8) is 0 Å². The van der Waals surface area contributed by atoms with Crippen LogP contribution in [0.4, 0.5) is 0 Å². The van der Waals surface area contributed by atoms with Gasteiger partial charge in [0.05, 0.1) is 0 Å². The summed E-state index contributed by atoms with van der Waals surface area (Å²) in [5, 5.41) is 0. The third-order valence-electron chi connectivity index (χ3n) is 11.1. The summed E-state index contributed by atoms with van der Waals surface area (Å²) in [6.45, 7) is 6.44. The second kappa shape index (κ2) is 52.2. The van der Waals surface area contributed by atoms with E-state index in [1.165, 1.54) is 109 Å². The van der Waals surface area contributed by atoms with Gasteiger partial charge in [-0.3, -0.25) is 14.4 Å². The lowest BCUT2D eigenvalue weighted by Gasteiger charge is -2.18. The predicted molar refractivity (Wildman–Crippen MR) is 274 cm³/mol. The molecule has 0 amide bonds. The molecule has 0 fully saturated rings. The lowest BCUT2D eigenvalue weighted by Crippen LogP contribution is -2.30. The van der Waals surface area contributed by atoms with Crippen molar-refractivity contribution in [3.05, 3.63) is 85.1 Å². The summed E-state index contributed by atoms with van der Waals surface area (Å²) in [5.74, 6) is -0.997. The van der Waals surface area contributed by atoms with Crippen molar-refractivity contribution in [2.45, 2.75) is 252 Å². The molecule has 0 aromatic rings. The molecule has 0 aromatic heterocycles. The average molecular weight is 891 g/mol. The van der Waals surface area contributed by atoms with Gasteiger partial charge in [0.2, 0.25) is 0 Å². The van der Waals surface area contributed by atoms with Crippen molar-refractivity contribution in [2.24, 2.45) is 0 Å². The Morgan fingerprint density at radius 2 is 0.641 bits per heavy atom. The van der Waals surface area contributed by atoms with Gasteiger partial charge in [0.15, 0.2) is 6.10 Å². The molecule has 0 radical (unpaired) electrons. The van der Waals surface area contributed by atoms with E-state index >= 15 is 0 Å². The van der Waals surface area contributed by atoms with Crippen LogP contribution >= 0.6 is 0 Å². The third kappa shape index (κ3) is 49.6. The van der Waals surface area contributed by atoms with Gasteiger partial charge in [0.25, 0.3) is 0 Å². The zero-order chi connectivity index (χ0) is 46.5. The Morgan fingerprint density at radius 1 is 0.328 bits per heavy atom. The first-order valence-electron chi connectivity index (χ1n) is 26.6. The molecule has 6 heteroatoms. The molecule has 1 atom stereocenters. The van der Waals surface area contributed by atoms with Crippen molar-refractivity contribution < 1.29 is 28.6 Å². The summed E-state index contributed by atoms with van der Waals surface area (Å²) in [6.07, 6.45) is 67.2. The van der Waals surface area contributed by atoms with Gasteiger partial charge in [-0.25, -0.2) is 0 Å². The Bertz CT molecular complexity index is 1250. The van der Waals surface area contributed by atoms with Crippen molar-refractivity contribution in [3.8, 4) is 0 Å². The second-order valence-corrected chi connectivity index (χ2v) is 17.4. The van der Waals surface area contributed by atoms with Crippen molar-refractivity contribution >= 4 is 17.9 Å². The van der Waals surface area contributed by atoms with E-state index < -0.39 is 6.10 Å². The van der Waals surface area contributed by atoms with Crippen LogP contribution in [-0.4, -0.2) is 37.2 Å². The third-order valence-corrected chi connectivity index (χ3v) is 11.1. The Labute approximate surface area is 395 Å². The summed E-state index contributed by atoms with van der Waals surface area (Å²) < 4.78 is 16.7. The maximum Gasteiger partial charge on any atom is 0.306 e. The maximum absolute atomic E-state index is 12.8. The first-order valence-corrected chi connectivity index (χ1v) is 26.6. The molecule has 0 aliphatic heterocycles. The molecule has 0 heterocycles. The normalized spacial score (nSPS) is 12.7. The van der Waals surface area contributed by atoms with E-state index in [9.17, 15) is 14.4 Å². The Balaban J connectivity index is 4.49. The minimum atomic E-state index is -0.809. The van der Waals surface area contributed by atoms with Crippen LogP contribution in [0.15, 0.2) is 85.1 Å². The average Bonchev–Trinajstić information content (AvgIpc) is 3.29. The molecule has 64 heavy (non-hydrogen) atoms. The summed E-state index contributed by atoms with van der Waals surface area (Å²) >= 11 is 0. The number of allylic oxidation sites excluding steroid dienone is 14. The van der Waals surface area contributed by atoms with Crippen LogP contribution in [0.2, 0.25) is 0 Å². The molecule has 1 unspecified atom stereocenters. The van der Waals surface area contributed by atoms with E-state index in [-0.39, 0.29) is 37.5 Å². The number of carbonyl (C=O) groups is 3. The van der Waals surface area contributed by atoms with Gasteiger partial charge >= 0.3 is 17.9 Å². The van der Waals surface area contributed by atoms with E-state index in [1.807, 2.05) is 6.08 Å². The van der Waals surface area contributed by atoms with Crippen LogP contribution in [0.5, 0.6) is 0 Å². The molecule has 0 saturated carbocycles. The molecule has 366 valence electrons. The quantitative estimate of drug-likeness (QED) is 0.0262. The van der Waals surface area contributed by atoms with Crippen LogP contribution in [0, 0.1) is 0 Å². The van der Waals surface area contributed by atoms with E-state index in [2.05, 4.69) is 99.8 Å². The topological polar surface area (TPSA) is 78.9 Å². The number of rotatable bonds is 47. The van der Waals surface area contributed by atoms with E-state index in [4.69, 9.17) is 14.2 Å². The molecule has 0 saturated heterocycles. The minimum Gasteiger partial charge on any atom is -0.462 e. The lowest BCUT2D eigenvalue weighted by atomic mass is 10.1. The van der Waals surface area contributed by atoms with Gasteiger partial charge in [-0.2, -0.15) is 0 Å². The molecule has 0 aromatic carbocycles. The molecule has 0 spiro atoms. The van der Waals surface area contributed by atoms with Crippen LogP contribution < -0.4 is 0 Å². The highest BCUT2D eigenvalue weighted by atomic mass is 16.6. The Hall–Kier alpha value is -3.41. The maximum atomic E-state index is 12.8. The highest BCUT2D eigenvalue weighted by Crippen LogP contribution is 2.14. The Kier molecular flexibility index (Phi) is 49.4. The van der Waals surface area contributed by atoms with Crippen LogP contribution in [-0.2, 0) is 28.6 Å². The van der Waals surface area contributed by atoms with Crippen LogP contribution in [0.3, 0.4) is 0 Å². The van der Waals surface area contributed by atoms with Crippen molar-refractivity contribution in [2.75, 3.05) is 13.2 Å². The molecule has 0 aliphatic carbocycles. The number of ether oxygens (including phenoxy) is 3. The largest absolute Gasteiger partial charge is 0.462 e. The zero-order valence-electron chi connectivity index (χ0n) is 41.8. The standard InChI is InChI=1S/C58H98O6/c1-4-7-10-13-16-19-22-24-26-28-29-30-32-33-36-39-42-45-48-51-57(60)63-54-55(53-62-56(59)50-47-44-41-38-35-21-18-15-12-9-6-3)64-58(61)52-49-46-43-40-37-34-31-27-25-23-20-17-14-11-8-5-2/h7,10,16,19,24,26-27,29-31,33,36,42,45,55H,4-6,8-9,11-15,17-18,20-23,25,28,32,34-35,37-41,43-44,46-54H2,1-3H3/b10-7-,19-16-,26-24-,30-29-,31-27-,36-33-,45-42-. The second-order valence-electron chi connectivity index (χ2n) is 17.4. The van der Waals surface area contributed by atoms with E-state index in [0.717, 1.165) is 89.9 Å². The van der Waals surface area contributed by atoms with Crippen LogP contribution in [0.1, 0.15) is 245 Å². The molecule has 0 aliphatic rings. The summed E-state index contributed by atoms with van der Waals surface area (Å²) in [6, 6.07) is 0. The number of unbranched alkanes of at least 4 members (excludes halogenated alkanes) is 22. The monoisotopic (exact) mass is 891 g/mol. The number of carbonyl (C=O) groups excluding carboxylic acids is 3. The highest BCUT2D eigenvalue weighted by Gasteiger charge is 2.19. The molecule has 6 nitrogen and oxygen atoms in total. The van der Waals surface area contributed by atoms with Gasteiger partial charge in [0.1, 0.15) is 13.2 Å². The number of hydrogen-bond donors (Lipinski definition) is 0.